The second kappa shape index (κ2) is 5.33. The fraction of sp³-hybridized carbons (Fsp3) is 1.00. The first-order valence-electron chi connectivity index (χ1n) is 2.83. The van der Waals surface area contributed by atoms with E-state index in [2.05, 4.69) is 0 Å². The summed E-state index contributed by atoms with van der Waals surface area (Å²) in [6.07, 6.45) is 0. The molecule has 0 aliphatic carbocycles. The maximum atomic E-state index is 8.71. The average Bonchev–Trinajstić information content (AvgIpc) is 2.01. The molecule has 0 aliphatic heterocycles. The molecule has 10 heavy (non-hydrogen) atoms. The third kappa shape index (κ3) is 2.72. The summed E-state index contributed by atoms with van der Waals surface area (Å²) in [4.78, 5) is 0. The summed E-state index contributed by atoms with van der Waals surface area (Å²) in [6, 6.07) is 0. The fourth-order valence-corrected chi connectivity index (χ4v) is 1.21. The van der Waals surface area contributed by atoms with Crippen LogP contribution in [-0.2, 0) is 3.02 Å². The Morgan fingerprint density at radius 2 is 1.50 bits per heavy atom. The van der Waals surface area contributed by atoms with Crippen molar-refractivity contribution in [1.29, 1.82) is 0 Å². The molecule has 0 aromatic heterocycles. The zero-order valence-corrected chi connectivity index (χ0v) is 8.08. The monoisotopic (exact) mass is 256 g/mol. The van der Waals surface area contributed by atoms with E-state index in [9.17, 15) is 0 Å². The summed E-state index contributed by atoms with van der Waals surface area (Å²) in [5, 5.41) is 26.1. The van der Waals surface area contributed by atoms with Crippen molar-refractivity contribution in [2.75, 3.05) is 26.4 Å². The van der Waals surface area contributed by atoms with Gasteiger partial charge in [0.2, 0.25) is 0 Å². The Labute approximate surface area is 73.9 Å². The molecule has 4 nitrogen and oxygen atoms in total. The maximum absolute atomic E-state index is 8.71. The van der Waals surface area contributed by atoms with Gasteiger partial charge in [0.25, 0.3) is 0 Å². The van der Waals surface area contributed by atoms with Crippen molar-refractivity contribution in [2.45, 2.75) is 0 Å². The molecule has 2 radical (unpaired) electrons. The van der Waals surface area contributed by atoms with Gasteiger partial charge in [-0.25, -0.2) is 0 Å². The van der Waals surface area contributed by atoms with Gasteiger partial charge < -0.3 is 0 Å². The summed E-state index contributed by atoms with van der Waals surface area (Å²) in [7, 11) is 0. The van der Waals surface area contributed by atoms with Gasteiger partial charge >= 0.3 is 73.6 Å². The molecule has 0 aliphatic rings. The molecule has 0 saturated heterocycles. The van der Waals surface area contributed by atoms with E-state index >= 15 is 0 Å². The van der Waals surface area contributed by atoms with Crippen molar-refractivity contribution < 1.29 is 18.3 Å². The predicted molar refractivity (Wildman–Crippen MR) is 35.4 cm³/mol. The summed E-state index contributed by atoms with van der Waals surface area (Å²) in [6.45, 7) is -0.601. The van der Waals surface area contributed by atoms with Crippen LogP contribution in [0.1, 0.15) is 0 Å². The Balaban J connectivity index is 3.87. The summed E-state index contributed by atoms with van der Waals surface area (Å²) in [5.41, 5.74) is -0.868. The molecule has 0 fully saturated rings. The van der Waals surface area contributed by atoms with E-state index in [1.807, 2.05) is 0 Å². The van der Waals surface area contributed by atoms with Gasteiger partial charge in [0, 0.05) is 0 Å². The molecule has 0 saturated carbocycles. The molecule has 0 bridgehead atoms. The van der Waals surface area contributed by atoms with Crippen LogP contribution in [0.5, 0.6) is 0 Å². The van der Waals surface area contributed by atoms with Crippen LogP contribution in [0, 0.1) is 5.41 Å². The third-order valence-electron chi connectivity index (χ3n) is 1.38. The topological polar surface area (TPSA) is 69.9 Å². The van der Waals surface area contributed by atoms with Crippen molar-refractivity contribution in [3.05, 3.63) is 0 Å². The van der Waals surface area contributed by atoms with Crippen molar-refractivity contribution >= 4 is 23.4 Å². The molecular weight excluding hydrogens is 246 g/mol. The first kappa shape index (κ1) is 10.7. The van der Waals surface area contributed by atoms with Crippen molar-refractivity contribution in [3.8, 4) is 0 Å². The minimum atomic E-state index is -0.868. The van der Waals surface area contributed by atoms with Crippen LogP contribution in [-0.4, -0.2) is 65.2 Å². The minimum absolute atomic E-state index is 0.185. The molecule has 0 heterocycles. The van der Waals surface area contributed by atoms with Crippen LogP contribution >= 0.6 is 0 Å². The van der Waals surface area contributed by atoms with Crippen molar-refractivity contribution in [1.82, 2.24) is 0 Å². The van der Waals surface area contributed by atoms with Crippen LogP contribution < -0.4 is 0 Å². The normalized spacial score (nSPS) is 12.0. The number of hydrogen-bond acceptors (Lipinski definition) is 4. The van der Waals surface area contributed by atoms with E-state index in [1.54, 1.807) is 0 Å². The molecule has 0 unspecified atom stereocenters. The molecule has 0 spiro atoms. The van der Waals surface area contributed by atoms with Crippen LogP contribution in [0.2, 0.25) is 0 Å². The van der Waals surface area contributed by atoms with Gasteiger partial charge in [0.15, 0.2) is 0 Å². The Bertz CT molecular complexity index is 75.5. The summed E-state index contributed by atoms with van der Waals surface area (Å²) < 4.78 is 4.75. The quantitative estimate of drug-likeness (QED) is 0.501. The van der Waals surface area contributed by atoms with E-state index in [0.29, 0.717) is 0 Å². The van der Waals surface area contributed by atoms with Gasteiger partial charge in [0.05, 0.1) is 0 Å². The molecule has 3 N–H and O–H groups in total. The first-order valence-corrected chi connectivity index (χ1v) is 3.88. The Morgan fingerprint density at radius 1 is 1.10 bits per heavy atom. The van der Waals surface area contributed by atoms with E-state index in [0.717, 1.165) is 23.4 Å². The zero-order valence-electron chi connectivity index (χ0n) is 5.53. The second-order valence-electron chi connectivity index (χ2n) is 2.25. The van der Waals surface area contributed by atoms with E-state index in [-0.39, 0.29) is 26.4 Å². The molecule has 0 amide bonds. The van der Waals surface area contributed by atoms with Crippen LogP contribution in [0.4, 0.5) is 0 Å². The van der Waals surface area contributed by atoms with Gasteiger partial charge in [-0.05, 0) is 0 Å². The van der Waals surface area contributed by atoms with Crippen molar-refractivity contribution in [2.24, 2.45) is 5.41 Å². The standard InChI is InChI=1S/C5H11O4.Sb/c6-1-5(2-7,3-8)4-9;/h6-8H,1-4H2;/q-1;+1. The number of aliphatic hydroxyl groups excluding tert-OH is 3. The third-order valence-corrected chi connectivity index (χ3v) is 1.75. The molecule has 0 rings (SSSR count). The zero-order chi connectivity index (χ0) is 8.04. The Kier molecular flexibility index (Phi) is 5.68. The molecule has 0 aromatic rings. The van der Waals surface area contributed by atoms with Gasteiger partial charge in [0.1, 0.15) is 0 Å². The molecular formula is C5H11O4Sb. The van der Waals surface area contributed by atoms with Crippen LogP contribution in [0.15, 0.2) is 0 Å². The van der Waals surface area contributed by atoms with Gasteiger partial charge in [-0.2, -0.15) is 0 Å². The molecule has 60 valence electrons. The Morgan fingerprint density at radius 3 is 1.60 bits per heavy atom. The van der Waals surface area contributed by atoms with E-state index in [4.69, 9.17) is 18.3 Å². The number of aliphatic hydroxyl groups is 3. The predicted octanol–water partition coefficient (Wildman–Crippen LogP) is -1.95. The molecule has 0 aromatic carbocycles. The SMILES string of the molecule is OCC(CO)(CO)C[O][Sb]. The average molecular weight is 257 g/mol. The van der Waals surface area contributed by atoms with E-state index < -0.39 is 5.41 Å². The summed E-state index contributed by atoms with van der Waals surface area (Å²) in [5.74, 6) is 0. The van der Waals surface area contributed by atoms with Gasteiger partial charge in [-0.15, -0.1) is 0 Å². The van der Waals surface area contributed by atoms with Crippen molar-refractivity contribution in [3.63, 3.8) is 0 Å². The number of rotatable bonds is 5. The number of hydrogen-bond donors (Lipinski definition) is 3. The van der Waals surface area contributed by atoms with Gasteiger partial charge in [-0.3, -0.25) is 0 Å². The second-order valence-corrected chi connectivity index (χ2v) is 2.98. The summed E-state index contributed by atoms with van der Waals surface area (Å²) >= 11 is 1.13. The van der Waals surface area contributed by atoms with Crippen LogP contribution in [0.3, 0.4) is 0 Å². The Hall–Kier alpha value is 0.658. The van der Waals surface area contributed by atoms with E-state index in [1.165, 1.54) is 0 Å². The molecule has 5 heteroatoms. The fourth-order valence-electron chi connectivity index (χ4n) is 0.424. The van der Waals surface area contributed by atoms with Gasteiger partial charge in [-0.1, -0.05) is 0 Å². The van der Waals surface area contributed by atoms with Crippen LogP contribution in [0.25, 0.3) is 0 Å². The first-order chi connectivity index (χ1) is 4.74. The molecule has 0 atom stereocenters.